The lowest BCUT2D eigenvalue weighted by Crippen LogP contribution is -2.25. The Morgan fingerprint density at radius 1 is 1.19 bits per heavy atom. The predicted molar refractivity (Wildman–Crippen MR) is 132 cm³/mol. The molecule has 0 bridgehead atoms. The molecule has 0 radical (unpaired) electrons. The molecule has 0 aliphatic heterocycles. The van der Waals surface area contributed by atoms with Gasteiger partial charge in [0.05, 0.1) is 28.6 Å². The van der Waals surface area contributed by atoms with E-state index >= 15 is 0 Å². The van der Waals surface area contributed by atoms with Crippen LogP contribution in [-0.4, -0.2) is 51.4 Å². The van der Waals surface area contributed by atoms with Gasteiger partial charge in [-0.15, -0.1) is 0 Å². The van der Waals surface area contributed by atoms with Crippen LogP contribution in [0.1, 0.15) is 49.7 Å². The lowest BCUT2D eigenvalue weighted by atomic mass is 10.1. The van der Waals surface area contributed by atoms with Gasteiger partial charge in [0.2, 0.25) is 0 Å². The molecule has 0 fully saturated rings. The van der Waals surface area contributed by atoms with Crippen molar-refractivity contribution in [3.05, 3.63) is 53.1 Å². The fourth-order valence-corrected chi connectivity index (χ4v) is 3.85. The highest BCUT2D eigenvalue weighted by molar-refractivity contribution is 6.36. The highest BCUT2D eigenvalue weighted by atomic mass is 35.5. The topological polar surface area (TPSA) is 83.0 Å². The van der Waals surface area contributed by atoms with E-state index in [4.69, 9.17) is 11.6 Å². The van der Waals surface area contributed by atoms with Crippen molar-refractivity contribution in [1.29, 1.82) is 0 Å². The third kappa shape index (κ3) is 5.93. The molecule has 1 atom stereocenters. The van der Waals surface area contributed by atoms with Gasteiger partial charge in [-0.05, 0) is 70.1 Å². The van der Waals surface area contributed by atoms with E-state index in [1.807, 2.05) is 25.1 Å². The fourth-order valence-electron chi connectivity index (χ4n) is 3.64. The van der Waals surface area contributed by atoms with E-state index in [2.05, 4.69) is 51.3 Å². The van der Waals surface area contributed by atoms with E-state index in [1.54, 1.807) is 12.4 Å². The second kappa shape index (κ2) is 11.2. The maximum atomic E-state index is 12.8. The van der Waals surface area contributed by atoms with Gasteiger partial charge in [0.1, 0.15) is 11.5 Å². The molecule has 2 heterocycles. The summed E-state index contributed by atoms with van der Waals surface area (Å²) in [6.07, 6.45) is 6.91. The van der Waals surface area contributed by atoms with E-state index in [-0.39, 0.29) is 17.6 Å². The van der Waals surface area contributed by atoms with Crippen LogP contribution in [0.2, 0.25) is 5.02 Å². The Labute approximate surface area is 194 Å². The first-order chi connectivity index (χ1) is 15.4. The molecule has 1 amide bonds. The number of aryl methyl sites for hydroxylation is 1. The van der Waals surface area contributed by atoms with Gasteiger partial charge in [-0.2, -0.15) is 0 Å². The van der Waals surface area contributed by atoms with E-state index in [0.717, 1.165) is 43.4 Å². The average Bonchev–Trinajstić information content (AvgIpc) is 2.80. The fraction of sp³-hybridized carbons (Fsp3) is 0.417. The second-order valence-corrected chi connectivity index (χ2v) is 8.29. The smallest absolute Gasteiger partial charge is 0.275 e. The standard InChI is InChI=1S/C24H31ClN6O/c1-5-31(6-2)12-8-9-17(4)29-21-15-27-20(14-28-21)24(32)30-19-13-16(3)22(25)18-10-7-11-26-23(18)19/h7,10-11,13-15,17H,5-6,8-9,12H2,1-4H3,(H,28,29)(H,30,32). The van der Waals surface area contributed by atoms with Crippen LogP contribution < -0.4 is 10.6 Å². The maximum absolute atomic E-state index is 12.8. The molecule has 2 N–H and O–H groups in total. The number of fused-ring (bicyclic) bond motifs is 1. The summed E-state index contributed by atoms with van der Waals surface area (Å²) in [4.78, 5) is 28.2. The van der Waals surface area contributed by atoms with Gasteiger partial charge in [0.15, 0.2) is 0 Å². The minimum atomic E-state index is -0.343. The summed E-state index contributed by atoms with van der Waals surface area (Å²) in [5.41, 5.74) is 2.34. The molecular weight excluding hydrogens is 424 g/mol. The molecule has 2 aromatic heterocycles. The first kappa shape index (κ1) is 23.9. The number of anilines is 2. The van der Waals surface area contributed by atoms with E-state index in [0.29, 0.717) is 22.0 Å². The molecule has 0 spiro atoms. The molecule has 3 aromatic rings. The van der Waals surface area contributed by atoms with Crippen LogP contribution in [0.3, 0.4) is 0 Å². The molecule has 32 heavy (non-hydrogen) atoms. The number of pyridine rings is 1. The third-order valence-electron chi connectivity index (χ3n) is 5.54. The number of hydrogen-bond donors (Lipinski definition) is 2. The number of carbonyl (C=O) groups is 1. The first-order valence-electron chi connectivity index (χ1n) is 11.1. The minimum absolute atomic E-state index is 0.237. The molecule has 3 rings (SSSR count). The molecule has 0 aliphatic carbocycles. The lowest BCUT2D eigenvalue weighted by Gasteiger charge is -2.20. The van der Waals surface area contributed by atoms with Crippen LogP contribution in [0.15, 0.2) is 36.8 Å². The van der Waals surface area contributed by atoms with Crippen LogP contribution in [-0.2, 0) is 0 Å². The molecule has 0 saturated carbocycles. The van der Waals surface area contributed by atoms with Crippen molar-refractivity contribution in [2.75, 3.05) is 30.3 Å². The van der Waals surface area contributed by atoms with E-state index in [1.165, 1.54) is 6.20 Å². The van der Waals surface area contributed by atoms with Gasteiger partial charge in [-0.3, -0.25) is 9.78 Å². The van der Waals surface area contributed by atoms with Crippen LogP contribution in [0, 0.1) is 6.92 Å². The Morgan fingerprint density at radius 2 is 1.97 bits per heavy atom. The lowest BCUT2D eigenvalue weighted by molar-refractivity contribution is 0.102. The van der Waals surface area contributed by atoms with Crippen LogP contribution >= 0.6 is 11.6 Å². The highest BCUT2D eigenvalue weighted by Crippen LogP contribution is 2.31. The number of aromatic nitrogens is 3. The molecule has 0 aliphatic rings. The molecule has 0 saturated heterocycles. The number of carbonyl (C=O) groups excluding carboxylic acids is 1. The van der Waals surface area contributed by atoms with Gasteiger partial charge in [0.25, 0.3) is 5.91 Å². The Bertz CT molecular complexity index is 1050. The third-order valence-corrected chi connectivity index (χ3v) is 6.04. The monoisotopic (exact) mass is 454 g/mol. The number of amides is 1. The SMILES string of the molecule is CCN(CC)CCCC(C)Nc1cnc(C(=O)Nc2cc(C)c(Cl)c3cccnc23)cn1. The summed E-state index contributed by atoms with van der Waals surface area (Å²) < 4.78 is 0. The number of rotatable bonds is 10. The minimum Gasteiger partial charge on any atom is -0.366 e. The van der Waals surface area contributed by atoms with Crippen molar-refractivity contribution in [2.24, 2.45) is 0 Å². The summed E-state index contributed by atoms with van der Waals surface area (Å²) in [5, 5.41) is 7.68. The number of nitrogens with one attached hydrogen (secondary N) is 2. The zero-order valence-electron chi connectivity index (χ0n) is 19.2. The maximum Gasteiger partial charge on any atom is 0.275 e. The Balaban J connectivity index is 1.61. The molecule has 1 unspecified atom stereocenters. The van der Waals surface area contributed by atoms with Crippen LogP contribution in [0.25, 0.3) is 10.9 Å². The summed E-state index contributed by atoms with van der Waals surface area (Å²) in [5.74, 6) is 0.316. The van der Waals surface area contributed by atoms with Gasteiger partial charge >= 0.3 is 0 Å². The number of benzene rings is 1. The summed E-state index contributed by atoms with van der Waals surface area (Å²) in [7, 11) is 0. The summed E-state index contributed by atoms with van der Waals surface area (Å²) in [6.45, 7) is 11.7. The van der Waals surface area contributed by atoms with Crippen molar-refractivity contribution in [1.82, 2.24) is 19.9 Å². The zero-order chi connectivity index (χ0) is 23.1. The van der Waals surface area contributed by atoms with Crippen molar-refractivity contribution < 1.29 is 4.79 Å². The Hall–Kier alpha value is -2.77. The summed E-state index contributed by atoms with van der Waals surface area (Å²) >= 11 is 6.39. The van der Waals surface area contributed by atoms with Gasteiger partial charge in [-0.25, -0.2) is 9.97 Å². The molecule has 170 valence electrons. The van der Waals surface area contributed by atoms with Crippen molar-refractivity contribution in [3.63, 3.8) is 0 Å². The van der Waals surface area contributed by atoms with Gasteiger partial charge < -0.3 is 15.5 Å². The van der Waals surface area contributed by atoms with Gasteiger partial charge in [-0.1, -0.05) is 25.4 Å². The summed E-state index contributed by atoms with van der Waals surface area (Å²) in [6, 6.07) is 5.80. The van der Waals surface area contributed by atoms with Crippen molar-refractivity contribution >= 4 is 39.9 Å². The molecule has 8 heteroatoms. The quantitative estimate of drug-likeness (QED) is 0.440. The van der Waals surface area contributed by atoms with Gasteiger partial charge in [0, 0.05) is 17.6 Å². The highest BCUT2D eigenvalue weighted by Gasteiger charge is 2.14. The number of halogens is 1. The predicted octanol–water partition coefficient (Wildman–Crippen LogP) is 5.16. The Kier molecular flexibility index (Phi) is 8.36. The number of nitrogens with zero attached hydrogens (tertiary/aromatic N) is 4. The van der Waals surface area contributed by atoms with Crippen molar-refractivity contribution in [2.45, 2.75) is 46.6 Å². The normalized spacial score (nSPS) is 12.2. The zero-order valence-corrected chi connectivity index (χ0v) is 19.9. The number of hydrogen-bond acceptors (Lipinski definition) is 6. The van der Waals surface area contributed by atoms with E-state index in [9.17, 15) is 4.79 Å². The molecule has 7 nitrogen and oxygen atoms in total. The van der Waals surface area contributed by atoms with Crippen LogP contribution in [0.4, 0.5) is 11.5 Å². The van der Waals surface area contributed by atoms with Crippen LogP contribution in [0.5, 0.6) is 0 Å². The second-order valence-electron chi connectivity index (χ2n) is 7.91. The molecule has 1 aromatic carbocycles. The first-order valence-corrected chi connectivity index (χ1v) is 11.5. The largest absolute Gasteiger partial charge is 0.366 e. The average molecular weight is 455 g/mol. The van der Waals surface area contributed by atoms with Crippen molar-refractivity contribution in [3.8, 4) is 0 Å². The Morgan fingerprint density at radius 3 is 2.66 bits per heavy atom. The van der Waals surface area contributed by atoms with E-state index < -0.39 is 0 Å². The molecular formula is C24H31ClN6O.